The Morgan fingerprint density at radius 3 is 2.43 bits per heavy atom. The van der Waals surface area contributed by atoms with E-state index in [4.69, 9.17) is 16.3 Å². The maximum atomic E-state index is 11.7. The van der Waals surface area contributed by atoms with Crippen molar-refractivity contribution in [3.8, 4) is 5.75 Å². The molecule has 1 rings (SSSR count). The first kappa shape index (κ1) is 17.6. The fraction of sp³-hybridized carbons (Fsp3) is 0.231. The van der Waals surface area contributed by atoms with E-state index in [1.807, 2.05) is 0 Å². The lowest BCUT2D eigenvalue weighted by atomic mass is 10.2. The van der Waals surface area contributed by atoms with E-state index < -0.39 is 11.9 Å². The highest BCUT2D eigenvalue weighted by Gasteiger charge is 2.18. The number of benzene rings is 1. The Balaban J connectivity index is 3.27. The molecule has 0 spiro atoms. The normalized spacial score (nSPS) is 10.8. The Bertz CT molecular complexity index is 588. The van der Waals surface area contributed by atoms with E-state index >= 15 is 0 Å². The SMILES string of the molecule is COC(=O)/C=C(/Nc1c(Cl)ccc(I)c1OC)C(=O)OC. The van der Waals surface area contributed by atoms with Gasteiger partial charge < -0.3 is 19.5 Å². The number of esters is 2. The molecule has 0 aliphatic rings. The van der Waals surface area contributed by atoms with Crippen LogP contribution >= 0.6 is 34.2 Å². The van der Waals surface area contributed by atoms with Gasteiger partial charge >= 0.3 is 11.9 Å². The summed E-state index contributed by atoms with van der Waals surface area (Å²) in [5.74, 6) is -0.997. The second kappa shape index (κ2) is 8.08. The summed E-state index contributed by atoms with van der Waals surface area (Å²) in [5.41, 5.74) is 0.234. The third-order valence-corrected chi connectivity index (χ3v) is 3.56. The molecule has 0 aromatic heterocycles. The summed E-state index contributed by atoms with van der Waals surface area (Å²) in [4.78, 5) is 23.0. The minimum Gasteiger partial charge on any atom is -0.493 e. The van der Waals surface area contributed by atoms with E-state index in [9.17, 15) is 9.59 Å². The lowest BCUT2D eigenvalue weighted by molar-refractivity contribution is -0.138. The van der Waals surface area contributed by atoms with Crippen LogP contribution in [-0.2, 0) is 19.1 Å². The fourth-order valence-electron chi connectivity index (χ4n) is 1.42. The van der Waals surface area contributed by atoms with Gasteiger partial charge in [-0.3, -0.25) is 0 Å². The molecule has 0 radical (unpaired) electrons. The van der Waals surface area contributed by atoms with Gasteiger partial charge in [0.2, 0.25) is 0 Å². The minimum absolute atomic E-state index is 0.119. The smallest absolute Gasteiger partial charge is 0.354 e. The van der Waals surface area contributed by atoms with Gasteiger partial charge in [-0.25, -0.2) is 9.59 Å². The summed E-state index contributed by atoms with van der Waals surface area (Å²) in [5, 5.41) is 3.07. The molecule has 0 unspecified atom stereocenters. The molecule has 0 aliphatic carbocycles. The van der Waals surface area contributed by atoms with Gasteiger partial charge in [-0.2, -0.15) is 0 Å². The van der Waals surface area contributed by atoms with Gasteiger partial charge in [-0.15, -0.1) is 0 Å². The summed E-state index contributed by atoms with van der Waals surface area (Å²) in [6.07, 6.45) is 0.974. The second-order valence-corrected chi connectivity index (χ2v) is 5.20. The van der Waals surface area contributed by atoms with Gasteiger partial charge in [-0.1, -0.05) is 11.6 Å². The van der Waals surface area contributed by atoms with Crippen molar-refractivity contribution in [1.29, 1.82) is 0 Å². The number of anilines is 1. The van der Waals surface area contributed by atoms with Crippen molar-refractivity contribution in [1.82, 2.24) is 0 Å². The summed E-state index contributed by atoms with van der Waals surface area (Å²) in [6, 6.07) is 3.40. The van der Waals surface area contributed by atoms with Gasteiger partial charge in [0.05, 0.1) is 36.0 Å². The van der Waals surface area contributed by atoms with Crippen LogP contribution in [-0.4, -0.2) is 33.3 Å². The number of halogens is 2. The van der Waals surface area contributed by atoms with Crippen LogP contribution in [0, 0.1) is 3.57 Å². The maximum absolute atomic E-state index is 11.7. The molecule has 1 aromatic rings. The largest absolute Gasteiger partial charge is 0.493 e. The van der Waals surface area contributed by atoms with E-state index in [1.165, 1.54) is 21.3 Å². The summed E-state index contributed by atoms with van der Waals surface area (Å²) in [7, 11) is 3.87. The van der Waals surface area contributed by atoms with Crippen LogP contribution in [0.2, 0.25) is 5.02 Å². The van der Waals surface area contributed by atoms with Gasteiger partial charge in [0.1, 0.15) is 11.4 Å². The average molecular weight is 426 g/mol. The number of carbonyl (C=O) groups is 2. The highest BCUT2D eigenvalue weighted by Crippen LogP contribution is 2.37. The van der Waals surface area contributed by atoms with Crippen LogP contribution < -0.4 is 10.1 Å². The molecule has 21 heavy (non-hydrogen) atoms. The number of hydrogen-bond donors (Lipinski definition) is 1. The zero-order chi connectivity index (χ0) is 16.0. The van der Waals surface area contributed by atoms with Crippen LogP contribution in [0.25, 0.3) is 0 Å². The summed E-state index contributed by atoms with van der Waals surface area (Å²) in [6.45, 7) is 0. The Labute approximate surface area is 140 Å². The first-order valence-corrected chi connectivity index (χ1v) is 7.07. The summed E-state index contributed by atoms with van der Waals surface area (Å²) < 4.78 is 15.1. The predicted octanol–water partition coefficient (Wildman–Crippen LogP) is 2.60. The Morgan fingerprint density at radius 1 is 1.24 bits per heavy atom. The number of hydrogen-bond acceptors (Lipinski definition) is 6. The van der Waals surface area contributed by atoms with Crippen LogP contribution in [0.1, 0.15) is 0 Å². The van der Waals surface area contributed by atoms with Crippen LogP contribution in [0.15, 0.2) is 23.9 Å². The molecule has 0 amide bonds. The molecule has 0 fully saturated rings. The molecule has 0 saturated carbocycles. The van der Waals surface area contributed by atoms with Crippen LogP contribution in [0.5, 0.6) is 5.75 Å². The minimum atomic E-state index is -0.739. The van der Waals surface area contributed by atoms with Gasteiger partial charge in [0, 0.05) is 0 Å². The van der Waals surface area contributed by atoms with Crippen molar-refractivity contribution in [2.45, 2.75) is 0 Å². The quantitative estimate of drug-likeness (QED) is 0.444. The predicted molar refractivity (Wildman–Crippen MR) is 86.5 cm³/mol. The molecule has 6 nitrogen and oxygen atoms in total. The number of ether oxygens (including phenoxy) is 3. The Hall–Kier alpha value is -1.48. The van der Waals surface area contributed by atoms with E-state index in [1.54, 1.807) is 12.1 Å². The first-order chi connectivity index (χ1) is 9.94. The molecule has 1 N–H and O–H groups in total. The van der Waals surface area contributed by atoms with Crippen LogP contribution in [0.4, 0.5) is 5.69 Å². The lowest BCUT2D eigenvalue weighted by Crippen LogP contribution is -2.16. The highest BCUT2D eigenvalue weighted by atomic mass is 127. The molecule has 114 valence electrons. The van der Waals surface area contributed by atoms with Gasteiger partial charge in [0.25, 0.3) is 0 Å². The average Bonchev–Trinajstić information content (AvgIpc) is 2.49. The van der Waals surface area contributed by atoms with Crippen molar-refractivity contribution in [3.63, 3.8) is 0 Å². The van der Waals surface area contributed by atoms with Gasteiger partial charge in [0.15, 0.2) is 5.75 Å². The standard InChI is InChI=1S/C13H13ClINO5/c1-19-10(17)6-9(13(18)21-3)16-11-7(14)4-5-8(15)12(11)20-2/h4-6,16H,1-3H3/b9-6+. The third-order valence-electron chi connectivity index (χ3n) is 2.39. The lowest BCUT2D eigenvalue weighted by Gasteiger charge is -2.15. The second-order valence-electron chi connectivity index (χ2n) is 3.64. The zero-order valence-electron chi connectivity index (χ0n) is 11.5. The highest BCUT2D eigenvalue weighted by molar-refractivity contribution is 14.1. The summed E-state index contributed by atoms with van der Waals surface area (Å²) >= 11 is 8.16. The molecular formula is C13H13ClINO5. The topological polar surface area (TPSA) is 73.9 Å². The van der Waals surface area contributed by atoms with Crippen molar-refractivity contribution in [2.75, 3.05) is 26.6 Å². The van der Waals surface area contributed by atoms with Crippen molar-refractivity contribution < 1.29 is 23.8 Å². The number of carbonyl (C=O) groups excluding carboxylic acids is 2. The number of nitrogens with one attached hydrogen (secondary N) is 1. The fourth-order valence-corrected chi connectivity index (χ4v) is 2.28. The van der Waals surface area contributed by atoms with Crippen LogP contribution in [0.3, 0.4) is 0 Å². The van der Waals surface area contributed by atoms with Crippen molar-refractivity contribution in [2.24, 2.45) is 0 Å². The Kier molecular flexibility index (Phi) is 6.76. The maximum Gasteiger partial charge on any atom is 0.354 e. The third kappa shape index (κ3) is 4.50. The monoisotopic (exact) mass is 425 g/mol. The zero-order valence-corrected chi connectivity index (χ0v) is 14.4. The van der Waals surface area contributed by atoms with Crippen molar-refractivity contribution >= 4 is 51.8 Å². The molecule has 8 heteroatoms. The molecule has 1 aromatic carbocycles. The molecule has 0 saturated heterocycles. The van der Waals surface area contributed by atoms with E-state index in [-0.39, 0.29) is 5.70 Å². The van der Waals surface area contributed by atoms with Gasteiger partial charge in [-0.05, 0) is 34.7 Å². The first-order valence-electron chi connectivity index (χ1n) is 5.61. The van der Waals surface area contributed by atoms with E-state index in [0.717, 1.165) is 9.65 Å². The van der Waals surface area contributed by atoms with Crippen molar-refractivity contribution in [3.05, 3.63) is 32.5 Å². The van der Waals surface area contributed by atoms with E-state index in [0.29, 0.717) is 16.5 Å². The molecule has 0 atom stereocenters. The molecular weight excluding hydrogens is 413 g/mol. The van der Waals surface area contributed by atoms with E-state index in [2.05, 4.69) is 37.4 Å². The Morgan fingerprint density at radius 2 is 1.90 bits per heavy atom. The molecule has 0 heterocycles. The molecule has 0 aliphatic heterocycles. The number of methoxy groups -OCH3 is 3. The molecule has 0 bridgehead atoms. The number of rotatable bonds is 5.